The summed E-state index contributed by atoms with van der Waals surface area (Å²) in [6, 6.07) is 41.6. The van der Waals surface area contributed by atoms with Crippen LogP contribution in [0.5, 0.6) is 0 Å². The Kier molecular flexibility index (Phi) is 5.58. The van der Waals surface area contributed by atoms with Gasteiger partial charge in [0.1, 0.15) is 5.58 Å². The van der Waals surface area contributed by atoms with Gasteiger partial charge in [0.2, 0.25) is 0 Å². The molecule has 2 nitrogen and oxygen atoms in total. The lowest BCUT2D eigenvalue weighted by Gasteiger charge is -2.21. The maximum absolute atomic E-state index is 6.82. The molecule has 1 saturated carbocycles. The monoisotopic (exact) mass is 517 g/mol. The minimum absolute atomic E-state index is 0.586. The lowest BCUT2D eigenvalue weighted by molar-refractivity contribution is 0.442. The van der Waals surface area contributed by atoms with Gasteiger partial charge in [-0.2, -0.15) is 0 Å². The summed E-state index contributed by atoms with van der Waals surface area (Å²) in [7, 11) is 0. The molecule has 0 atom stereocenters. The van der Waals surface area contributed by atoms with E-state index in [1.807, 2.05) is 0 Å². The molecule has 1 aliphatic carbocycles. The van der Waals surface area contributed by atoms with E-state index in [-0.39, 0.29) is 0 Å². The first-order chi connectivity index (χ1) is 19.8. The molecular formula is C38H31NO. The molecule has 1 aliphatic rings. The van der Waals surface area contributed by atoms with E-state index in [0.29, 0.717) is 5.92 Å². The zero-order chi connectivity index (χ0) is 26.5. The minimum Gasteiger partial charge on any atom is -0.454 e. The van der Waals surface area contributed by atoms with Crippen molar-refractivity contribution in [2.45, 2.75) is 38.0 Å². The van der Waals surface area contributed by atoms with Crippen LogP contribution in [0, 0.1) is 0 Å². The van der Waals surface area contributed by atoms with E-state index in [4.69, 9.17) is 4.42 Å². The standard InChI is InChI=1S/C38H31NO/c1-2-10-27(11-3-1)33-15-8-16-34-36-32-14-7-6-13-30(32)24-35(38(36)40-37(33)34)39-31-21-19-26(20-22-31)29-18-17-25-9-4-5-12-28(25)23-29/h4-9,12-24,27,39H,1-3,10-11H2. The van der Waals surface area contributed by atoms with Crippen molar-refractivity contribution in [3.8, 4) is 11.1 Å². The summed E-state index contributed by atoms with van der Waals surface area (Å²) in [5.41, 5.74) is 7.88. The lowest BCUT2D eigenvalue weighted by Crippen LogP contribution is -2.04. The highest BCUT2D eigenvalue weighted by Crippen LogP contribution is 2.44. The summed E-state index contributed by atoms with van der Waals surface area (Å²) in [6.45, 7) is 0. The van der Waals surface area contributed by atoms with Gasteiger partial charge in [0.15, 0.2) is 5.58 Å². The Labute approximate surface area is 234 Å². The third-order valence-electron chi connectivity index (χ3n) is 8.81. The number of benzene rings is 6. The van der Waals surface area contributed by atoms with E-state index >= 15 is 0 Å². The summed E-state index contributed by atoms with van der Waals surface area (Å²) >= 11 is 0. The second-order valence-corrected chi connectivity index (χ2v) is 11.3. The molecule has 1 fully saturated rings. The Morgan fingerprint density at radius 2 is 1.27 bits per heavy atom. The number of furan rings is 1. The van der Waals surface area contributed by atoms with Crippen molar-refractivity contribution in [3.63, 3.8) is 0 Å². The van der Waals surface area contributed by atoms with Crippen LogP contribution in [0.15, 0.2) is 120 Å². The highest BCUT2D eigenvalue weighted by Gasteiger charge is 2.22. The average molecular weight is 518 g/mol. The van der Waals surface area contributed by atoms with Crippen LogP contribution in [0.2, 0.25) is 0 Å². The molecule has 2 heteroatoms. The molecule has 7 aromatic rings. The van der Waals surface area contributed by atoms with Crippen LogP contribution >= 0.6 is 0 Å². The predicted octanol–water partition coefficient (Wildman–Crippen LogP) is 11.4. The van der Waals surface area contributed by atoms with Gasteiger partial charge in [0, 0.05) is 16.5 Å². The largest absolute Gasteiger partial charge is 0.454 e. The molecule has 0 amide bonds. The molecule has 0 radical (unpaired) electrons. The molecule has 0 spiro atoms. The topological polar surface area (TPSA) is 25.2 Å². The third-order valence-corrected chi connectivity index (χ3v) is 8.81. The number of rotatable bonds is 4. The fraction of sp³-hybridized carbons (Fsp3) is 0.158. The molecule has 6 aromatic carbocycles. The van der Waals surface area contributed by atoms with Gasteiger partial charge in [-0.05, 0) is 81.3 Å². The predicted molar refractivity (Wildman–Crippen MR) is 170 cm³/mol. The summed E-state index contributed by atoms with van der Waals surface area (Å²) in [6.07, 6.45) is 6.49. The zero-order valence-electron chi connectivity index (χ0n) is 22.5. The van der Waals surface area contributed by atoms with E-state index in [9.17, 15) is 0 Å². The minimum atomic E-state index is 0.586. The van der Waals surface area contributed by atoms with Crippen LogP contribution in [0.4, 0.5) is 11.4 Å². The van der Waals surface area contributed by atoms with Crippen molar-refractivity contribution in [2.24, 2.45) is 0 Å². The molecule has 0 bridgehead atoms. The van der Waals surface area contributed by atoms with Crippen LogP contribution in [0.1, 0.15) is 43.6 Å². The number of hydrogen-bond acceptors (Lipinski definition) is 2. The van der Waals surface area contributed by atoms with E-state index < -0.39 is 0 Å². The van der Waals surface area contributed by atoms with Crippen LogP contribution in [-0.4, -0.2) is 0 Å². The van der Waals surface area contributed by atoms with Gasteiger partial charge >= 0.3 is 0 Å². The van der Waals surface area contributed by atoms with Gasteiger partial charge in [-0.1, -0.05) is 110 Å². The van der Waals surface area contributed by atoms with Crippen molar-refractivity contribution in [1.82, 2.24) is 0 Å². The molecule has 40 heavy (non-hydrogen) atoms. The molecule has 0 saturated heterocycles. The SMILES string of the molecule is c1ccc2cc(-c3ccc(Nc4cc5ccccc5c5c4oc4c(C6CCCCC6)cccc45)cc3)ccc2c1. The number of fused-ring (bicyclic) bond motifs is 6. The Hall–Kier alpha value is -4.56. The average Bonchev–Trinajstić information content (AvgIpc) is 3.42. The zero-order valence-corrected chi connectivity index (χ0v) is 22.5. The highest BCUT2D eigenvalue weighted by atomic mass is 16.3. The second kappa shape index (κ2) is 9.57. The van der Waals surface area contributed by atoms with E-state index in [0.717, 1.165) is 22.5 Å². The molecule has 0 unspecified atom stereocenters. The third kappa shape index (κ3) is 3.95. The van der Waals surface area contributed by atoms with Gasteiger partial charge in [-0.25, -0.2) is 0 Å². The highest BCUT2D eigenvalue weighted by molar-refractivity contribution is 6.22. The maximum atomic E-state index is 6.82. The van der Waals surface area contributed by atoms with Crippen LogP contribution < -0.4 is 5.32 Å². The van der Waals surface area contributed by atoms with Gasteiger partial charge in [0.25, 0.3) is 0 Å². The summed E-state index contributed by atoms with van der Waals surface area (Å²) in [5.74, 6) is 0.586. The van der Waals surface area contributed by atoms with E-state index in [1.54, 1.807) is 0 Å². The van der Waals surface area contributed by atoms with Crippen LogP contribution in [0.3, 0.4) is 0 Å². The molecule has 194 valence electrons. The fourth-order valence-corrected chi connectivity index (χ4v) is 6.77. The van der Waals surface area contributed by atoms with Crippen molar-refractivity contribution in [2.75, 3.05) is 5.32 Å². The van der Waals surface area contributed by atoms with Gasteiger partial charge in [-0.3, -0.25) is 0 Å². The van der Waals surface area contributed by atoms with E-state index in [1.165, 1.54) is 81.1 Å². The Morgan fingerprint density at radius 3 is 2.12 bits per heavy atom. The van der Waals surface area contributed by atoms with Gasteiger partial charge < -0.3 is 9.73 Å². The van der Waals surface area contributed by atoms with E-state index in [2.05, 4.69) is 121 Å². The van der Waals surface area contributed by atoms with Crippen molar-refractivity contribution in [1.29, 1.82) is 0 Å². The quantitative estimate of drug-likeness (QED) is 0.251. The normalized spacial score (nSPS) is 14.4. The summed E-state index contributed by atoms with van der Waals surface area (Å²) in [5, 5.41) is 11.1. The smallest absolute Gasteiger partial charge is 0.159 e. The molecule has 1 aromatic heterocycles. The fourth-order valence-electron chi connectivity index (χ4n) is 6.77. The van der Waals surface area contributed by atoms with Crippen LogP contribution in [0.25, 0.3) is 54.6 Å². The van der Waals surface area contributed by atoms with Gasteiger partial charge in [0.05, 0.1) is 5.69 Å². The Bertz CT molecular complexity index is 2010. The van der Waals surface area contributed by atoms with Gasteiger partial charge in [-0.15, -0.1) is 0 Å². The summed E-state index contributed by atoms with van der Waals surface area (Å²) in [4.78, 5) is 0. The number of anilines is 2. The number of para-hydroxylation sites is 1. The van der Waals surface area contributed by atoms with Crippen molar-refractivity contribution < 1.29 is 4.42 Å². The molecule has 8 rings (SSSR count). The Morgan fingerprint density at radius 1 is 0.550 bits per heavy atom. The summed E-state index contributed by atoms with van der Waals surface area (Å²) < 4.78 is 6.82. The lowest BCUT2D eigenvalue weighted by atomic mass is 9.83. The van der Waals surface area contributed by atoms with Crippen molar-refractivity contribution in [3.05, 3.63) is 121 Å². The number of hydrogen-bond donors (Lipinski definition) is 1. The molecule has 0 aliphatic heterocycles. The first-order valence-electron chi connectivity index (χ1n) is 14.5. The van der Waals surface area contributed by atoms with Crippen molar-refractivity contribution >= 4 is 54.9 Å². The molecular weight excluding hydrogens is 486 g/mol. The molecule has 1 N–H and O–H groups in total. The Balaban J connectivity index is 1.22. The van der Waals surface area contributed by atoms with Crippen LogP contribution in [-0.2, 0) is 0 Å². The maximum Gasteiger partial charge on any atom is 0.159 e. The first-order valence-corrected chi connectivity index (χ1v) is 14.5. The first kappa shape index (κ1) is 23.3. The molecule has 1 heterocycles. The second-order valence-electron chi connectivity index (χ2n) is 11.3. The number of nitrogens with one attached hydrogen (secondary N) is 1.